The molecule has 1 unspecified atom stereocenters. The van der Waals surface area contributed by atoms with Gasteiger partial charge in [-0.3, -0.25) is 4.79 Å². The van der Waals surface area contributed by atoms with Crippen LogP contribution in [0.1, 0.15) is 58.3 Å². The second-order valence-corrected chi connectivity index (χ2v) is 5.07. The highest BCUT2D eigenvalue weighted by Gasteiger charge is 2.40. The van der Waals surface area contributed by atoms with Crippen LogP contribution in [0.5, 0.6) is 0 Å². The maximum atomic E-state index is 11.3. The summed E-state index contributed by atoms with van der Waals surface area (Å²) < 4.78 is 0. The third kappa shape index (κ3) is 1.66. The van der Waals surface area contributed by atoms with Crippen LogP contribution in [0.2, 0.25) is 0 Å². The fraction of sp³-hybridized carbons (Fsp3) is 0.917. The molecule has 2 fully saturated rings. The second kappa shape index (κ2) is 3.43. The molecule has 74 valence electrons. The van der Waals surface area contributed by atoms with Gasteiger partial charge in [0.05, 0.1) is 0 Å². The Hall–Kier alpha value is -0.330. The summed E-state index contributed by atoms with van der Waals surface area (Å²) >= 11 is 0. The first-order valence-corrected chi connectivity index (χ1v) is 5.75. The molecule has 1 nitrogen and oxygen atoms in total. The Labute approximate surface area is 80.9 Å². The number of hydrogen-bond donors (Lipinski definition) is 0. The molecule has 0 N–H and O–H groups in total. The number of carbonyl (C=O) groups is 1. The number of ketones is 1. The van der Waals surface area contributed by atoms with E-state index in [0.29, 0.717) is 17.1 Å². The summed E-state index contributed by atoms with van der Waals surface area (Å²) in [5, 5.41) is 0. The second-order valence-electron chi connectivity index (χ2n) is 5.07. The SMILES string of the molecule is CC1CC(=O)CCC12CCCCC2. The van der Waals surface area contributed by atoms with E-state index in [2.05, 4.69) is 6.92 Å². The summed E-state index contributed by atoms with van der Waals surface area (Å²) in [6.07, 6.45) is 9.92. The summed E-state index contributed by atoms with van der Waals surface area (Å²) in [6, 6.07) is 0. The third-order valence-electron chi connectivity index (χ3n) is 4.33. The van der Waals surface area contributed by atoms with Crippen LogP contribution in [0.25, 0.3) is 0 Å². The quantitative estimate of drug-likeness (QED) is 0.559. The Morgan fingerprint density at radius 2 is 1.85 bits per heavy atom. The van der Waals surface area contributed by atoms with Gasteiger partial charge in [-0.1, -0.05) is 26.2 Å². The maximum Gasteiger partial charge on any atom is 0.133 e. The predicted molar refractivity (Wildman–Crippen MR) is 53.5 cm³/mol. The van der Waals surface area contributed by atoms with Crippen molar-refractivity contribution in [3.63, 3.8) is 0 Å². The summed E-state index contributed by atoms with van der Waals surface area (Å²) in [7, 11) is 0. The van der Waals surface area contributed by atoms with Crippen LogP contribution in [-0.4, -0.2) is 5.78 Å². The molecule has 0 bridgehead atoms. The van der Waals surface area contributed by atoms with Crippen molar-refractivity contribution < 1.29 is 4.79 Å². The summed E-state index contributed by atoms with van der Waals surface area (Å²) in [5.41, 5.74) is 0.576. The topological polar surface area (TPSA) is 17.1 Å². The van der Waals surface area contributed by atoms with Gasteiger partial charge >= 0.3 is 0 Å². The molecular formula is C12H20O. The van der Waals surface area contributed by atoms with Crippen LogP contribution in [0.3, 0.4) is 0 Å². The van der Waals surface area contributed by atoms with E-state index in [4.69, 9.17) is 0 Å². The molecule has 2 saturated carbocycles. The molecule has 1 heteroatoms. The smallest absolute Gasteiger partial charge is 0.133 e. The molecule has 2 aliphatic carbocycles. The summed E-state index contributed by atoms with van der Waals surface area (Å²) in [6.45, 7) is 2.29. The lowest BCUT2D eigenvalue weighted by Crippen LogP contribution is -2.37. The number of hydrogen-bond acceptors (Lipinski definition) is 1. The van der Waals surface area contributed by atoms with Crippen LogP contribution < -0.4 is 0 Å². The molecule has 0 radical (unpaired) electrons. The highest BCUT2D eigenvalue weighted by atomic mass is 16.1. The molecule has 1 atom stereocenters. The highest BCUT2D eigenvalue weighted by Crippen LogP contribution is 2.49. The predicted octanol–water partition coefficient (Wildman–Crippen LogP) is 3.33. The first-order valence-electron chi connectivity index (χ1n) is 5.75. The molecule has 13 heavy (non-hydrogen) atoms. The van der Waals surface area contributed by atoms with E-state index >= 15 is 0 Å². The normalized spacial score (nSPS) is 33.6. The van der Waals surface area contributed by atoms with Crippen LogP contribution in [0, 0.1) is 11.3 Å². The zero-order valence-electron chi connectivity index (χ0n) is 8.64. The van der Waals surface area contributed by atoms with Gasteiger partial charge in [0.1, 0.15) is 5.78 Å². The van der Waals surface area contributed by atoms with Crippen LogP contribution >= 0.6 is 0 Å². The molecule has 2 rings (SSSR count). The van der Waals surface area contributed by atoms with Gasteiger partial charge in [-0.25, -0.2) is 0 Å². The standard InChI is InChI=1S/C12H20O/c1-10-9-11(13)5-8-12(10)6-3-2-4-7-12/h10H,2-9H2,1H3. The van der Waals surface area contributed by atoms with Gasteiger partial charge in [0, 0.05) is 12.8 Å². The molecule has 0 heterocycles. The lowest BCUT2D eigenvalue weighted by molar-refractivity contribution is -0.125. The Balaban J connectivity index is 2.07. The van der Waals surface area contributed by atoms with Crippen LogP contribution in [0.4, 0.5) is 0 Å². The lowest BCUT2D eigenvalue weighted by Gasteiger charge is -2.45. The fourth-order valence-corrected chi connectivity index (χ4v) is 3.29. The minimum absolute atomic E-state index is 0.503. The minimum atomic E-state index is 0.503. The van der Waals surface area contributed by atoms with E-state index in [9.17, 15) is 4.79 Å². The van der Waals surface area contributed by atoms with E-state index in [1.807, 2.05) is 0 Å². The van der Waals surface area contributed by atoms with E-state index in [0.717, 1.165) is 12.8 Å². The van der Waals surface area contributed by atoms with Crippen molar-refractivity contribution in [2.24, 2.45) is 11.3 Å². The molecule has 0 aromatic rings. The molecule has 0 aliphatic heterocycles. The highest BCUT2D eigenvalue weighted by molar-refractivity contribution is 5.79. The van der Waals surface area contributed by atoms with Crippen molar-refractivity contribution in [2.45, 2.75) is 58.3 Å². The summed E-state index contributed by atoms with van der Waals surface area (Å²) in [4.78, 5) is 11.3. The zero-order valence-corrected chi connectivity index (χ0v) is 8.64. The Bertz CT molecular complexity index is 201. The van der Waals surface area contributed by atoms with Gasteiger partial charge in [0.2, 0.25) is 0 Å². The molecule has 0 aromatic carbocycles. The molecule has 0 amide bonds. The number of carbonyl (C=O) groups excluding carboxylic acids is 1. The van der Waals surface area contributed by atoms with Gasteiger partial charge in [-0.05, 0) is 30.6 Å². The molecule has 0 saturated heterocycles. The largest absolute Gasteiger partial charge is 0.300 e. The Kier molecular flexibility index (Phi) is 2.44. The Morgan fingerprint density at radius 1 is 1.15 bits per heavy atom. The van der Waals surface area contributed by atoms with Gasteiger partial charge < -0.3 is 0 Å². The van der Waals surface area contributed by atoms with Crippen molar-refractivity contribution in [3.8, 4) is 0 Å². The fourth-order valence-electron chi connectivity index (χ4n) is 3.29. The minimum Gasteiger partial charge on any atom is -0.300 e. The van der Waals surface area contributed by atoms with Gasteiger partial charge in [0.15, 0.2) is 0 Å². The molecule has 0 aromatic heterocycles. The average Bonchev–Trinajstić information content (AvgIpc) is 2.14. The van der Waals surface area contributed by atoms with Crippen molar-refractivity contribution in [1.82, 2.24) is 0 Å². The van der Waals surface area contributed by atoms with E-state index in [1.54, 1.807) is 0 Å². The molecular weight excluding hydrogens is 160 g/mol. The van der Waals surface area contributed by atoms with Crippen molar-refractivity contribution in [1.29, 1.82) is 0 Å². The van der Waals surface area contributed by atoms with Gasteiger partial charge in [-0.15, -0.1) is 0 Å². The summed E-state index contributed by atoms with van der Waals surface area (Å²) in [5.74, 6) is 1.16. The number of rotatable bonds is 0. The van der Waals surface area contributed by atoms with Crippen molar-refractivity contribution >= 4 is 5.78 Å². The first-order chi connectivity index (χ1) is 6.23. The van der Waals surface area contributed by atoms with Crippen molar-refractivity contribution in [3.05, 3.63) is 0 Å². The first kappa shape index (κ1) is 9.23. The van der Waals surface area contributed by atoms with E-state index in [-0.39, 0.29) is 0 Å². The molecule has 1 spiro atoms. The van der Waals surface area contributed by atoms with Gasteiger partial charge in [-0.2, -0.15) is 0 Å². The molecule has 2 aliphatic rings. The van der Waals surface area contributed by atoms with Crippen molar-refractivity contribution in [2.75, 3.05) is 0 Å². The Morgan fingerprint density at radius 3 is 2.46 bits per heavy atom. The van der Waals surface area contributed by atoms with Crippen LogP contribution in [-0.2, 0) is 4.79 Å². The average molecular weight is 180 g/mol. The van der Waals surface area contributed by atoms with Crippen LogP contribution in [0.15, 0.2) is 0 Å². The lowest BCUT2D eigenvalue weighted by atomic mass is 9.60. The van der Waals surface area contributed by atoms with Gasteiger partial charge in [0.25, 0.3) is 0 Å². The van der Waals surface area contributed by atoms with E-state index < -0.39 is 0 Å². The monoisotopic (exact) mass is 180 g/mol. The third-order valence-corrected chi connectivity index (χ3v) is 4.33. The number of Topliss-reactive ketones (excluding diaryl/α,β-unsaturated/α-hetero) is 1. The maximum absolute atomic E-state index is 11.3. The zero-order chi connectivity index (χ0) is 9.31. The van der Waals surface area contributed by atoms with E-state index in [1.165, 1.54) is 38.5 Å².